The second-order valence-corrected chi connectivity index (χ2v) is 6.64. The van der Waals surface area contributed by atoms with Crippen LogP contribution < -0.4 is 5.73 Å². The third-order valence-electron chi connectivity index (χ3n) is 5.35. The molecule has 18 heavy (non-hydrogen) atoms. The molecular weight excluding hydrogens is 222 g/mol. The number of rotatable bonds is 2. The van der Waals surface area contributed by atoms with Crippen LogP contribution in [0.2, 0.25) is 0 Å². The molecule has 0 aromatic rings. The van der Waals surface area contributed by atoms with E-state index in [2.05, 4.69) is 9.80 Å². The summed E-state index contributed by atoms with van der Waals surface area (Å²) in [5.41, 5.74) is 6.00. The average Bonchev–Trinajstić information content (AvgIpc) is 2.42. The van der Waals surface area contributed by atoms with Crippen LogP contribution in [0.1, 0.15) is 44.9 Å². The zero-order valence-electron chi connectivity index (χ0n) is 11.7. The van der Waals surface area contributed by atoms with Gasteiger partial charge in [-0.2, -0.15) is 0 Å². The molecule has 3 rings (SSSR count). The lowest BCUT2D eigenvalue weighted by molar-refractivity contribution is 0.0361. The maximum absolute atomic E-state index is 6.00. The molecule has 0 saturated carbocycles. The van der Waals surface area contributed by atoms with Crippen molar-refractivity contribution in [2.45, 2.75) is 57.0 Å². The number of nitrogens with zero attached hydrogens (tertiary/aromatic N) is 2. The summed E-state index contributed by atoms with van der Waals surface area (Å²) in [7, 11) is 0. The van der Waals surface area contributed by atoms with Crippen LogP contribution in [-0.4, -0.2) is 54.6 Å². The molecule has 0 radical (unpaired) electrons. The molecule has 3 saturated heterocycles. The quantitative estimate of drug-likeness (QED) is 0.810. The van der Waals surface area contributed by atoms with Gasteiger partial charge in [0.1, 0.15) is 0 Å². The van der Waals surface area contributed by atoms with E-state index in [1.165, 1.54) is 77.7 Å². The minimum absolute atomic E-state index is 0.471. The highest BCUT2D eigenvalue weighted by atomic mass is 15.2. The maximum atomic E-state index is 6.00. The molecule has 0 aliphatic carbocycles. The van der Waals surface area contributed by atoms with Gasteiger partial charge in [0.2, 0.25) is 0 Å². The first-order chi connectivity index (χ1) is 8.83. The summed E-state index contributed by atoms with van der Waals surface area (Å²) in [6.07, 6.45) is 9.66. The molecule has 0 amide bonds. The van der Waals surface area contributed by atoms with Gasteiger partial charge in [0, 0.05) is 18.6 Å². The average molecular weight is 251 g/mol. The van der Waals surface area contributed by atoms with Crippen LogP contribution in [0.4, 0.5) is 0 Å². The number of fused-ring (bicyclic) bond motifs is 1. The van der Waals surface area contributed by atoms with E-state index in [1.54, 1.807) is 0 Å². The Kier molecular flexibility index (Phi) is 4.22. The van der Waals surface area contributed by atoms with Crippen LogP contribution in [0.3, 0.4) is 0 Å². The van der Waals surface area contributed by atoms with Crippen molar-refractivity contribution in [1.29, 1.82) is 0 Å². The van der Waals surface area contributed by atoms with Crippen molar-refractivity contribution < 1.29 is 0 Å². The zero-order valence-corrected chi connectivity index (χ0v) is 11.7. The van der Waals surface area contributed by atoms with Crippen LogP contribution in [0, 0.1) is 5.92 Å². The monoisotopic (exact) mass is 251 g/mol. The number of piperidine rings is 3. The summed E-state index contributed by atoms with van der Waals surface area (Å²) in [4.78, 5) is 5.47. The molecule has 0 aromatic carbocycles. The van der Waals surface area contributed by atoms with Gasteiger partial charge < -0.3 is 15.5 Å². The number of likely N-dealkylation sites (tertiary alicyclic amines) is 1. The molecule has 0 bridgehead atoms. The molecule has 3 fully saturated rings. The molecule has 2 N–H and O–H groups in total. The van der Waals surface area contributed by atoms with Gasteiger partial charge in [0.15, 0.2) is 0 Å². The Morgan fingerprint density at radius 3 is 2.44 bits per heavy atom. The first-order valence-corrected chi connectivity index (χ1v) is 8.05. The predicted molar refractivity (Wildman–Crippen MR) is 75.6 cm³/mol. The van der Waals surface area contributed by atoms with Gasteiger partial charge in [-0.1, -0.05) is 6.42 Å². The second kappa shape index (κ2) is 5.89. The predicted octanol–water partition coefficient (Wildman–Crippen LogP) is 1.67. The first-order valence-electron chi connectivity index (χ1n) is 8.05. The molecule has 3 aliphatic heterocycles. The third-order valence-corrected chi connectivity index (χ3v) is 5.35. The van der Waals surface area contributed by atoms with Crippen LogP contribution in [0.15, 0.2) is 0 Å². The smallest absolute Gasteiger partial charge is 0.0136 e. The van der Waals surface area contributed by atoms with E-state index < -0.39 is 0 Å². The fourth-order valence-electron chi connectivity index (χ4n) is 4.26. The Morgan fingerprint density at radius 2 is 1.61 bits per heavy atom. The van der Waals surface area contributed by atoms with Crippen molar-refractivity contribution in [2.75, 3.05) is 32.7 Å². The molecule has 3 heteroatoms. The SMILES string of the molecule is NC1CCN(C[C@H]2CCCN3CCCC[C@@H]23)CC1. The maximum Gasteiger partial charge on any atom is 0.0136 e. The summed E-state index contributed by atoms with van der Waals surface area (Å²) in [6.45, 7) is 6.56. The fraction of sp³-hybridized carbons (Fsp3) is 1.00. The first kappa shape index (κ1) is 12.9. The summed E-state index contributed by atoms with van der Waals surface area (Å²) in [5.74, 6) is 0.938. The van der Waals surface area contributed by atoms with E-state index in [9.17, 15) is 0 Å². The summed E-state index contributed by atoms with van der Waals surface area (Å²) < 4.78 is 0. The van der Waals surface area contributed by atoms with E-state index in [0.717, 1.165) is 12.0 Å². The molecule has 0 aromatic heterocycles. The van der Waals surface area contributed by atoms with Gasteiger partial charge in [-0.05, 0) is 70.6 Å². The zero-order chi connectivity index (χ0) is 12.4. The Bertz CT molecular complexity index is 258. The van der Waals surface area contributed by atoms with Crippen molar-refractivity contribution in [3.05, 3.63) is 0 Å². The number of hydrogen-bond acceptors (Lipinski definition) is 3. The van der Waals surface area contributed by atoms with Crippen molar-refractivity contribution in [1.82, 2.24) is 9.80 Å². The largest absolute Gasteiger partial charge is 0.328 e. The normalized spacial score (nSPS) is 36.5. The lowest BCUT2D eigenvalue weighted by Gasteiger charge is -2.46. The van der Waals surface area contributed by atoms with Crippen LogP contribution in [0.25, 0.3) is 0 Å². The summed E-state index contributed by atoms with van der Waals surface area (Å²) in [5, 5.41) is 0. The van der Waals surface area contributed by atoms with Crippen LogP contribution in [-0.2, 0) is 0 Å². The van der Waals surface area contributed by atoms with Crippen molar-refractivity contribution >= 4 is 0 Å². The molecule has 3 aliphatic rings. The topological polar surface area (TPSA) is 32.5 Å². The highest BCUT2D eigenvalue weighted by molar-refractivity contribution is 4.89. The highest BCUT2D eigenvalue weighted by Gasteiger charge is 2.34. The Hall–Kier alpha value is -0.120. The minimum Gasteiger partial charge on any atom is -0.328 e. The second-order valence-electron chi connectivity index (χ2n) is 6.64. The molecule has 104 valence electrons. The third kappa shape index (κ3) is 2.89. The Labute approximate surface area is 112 Å². The minimum atomic E-state index is 0.471. The van der Waals surface area contributed by atoms with Gasteiger partial charge in [-0.15, -0.1) is 0 Å². The molecule has 0 unspecified atom stereocenters. The Morgan fingerprint density at radius 1 is 0.833 bits per heavy atom. The number of hydrogen-bond donors (Lipinski definition) is 1. The molecule has 3 heterocycles. The van der Waals surface area contributed by atoms with E-state index in [1.807, 2.05) is 0 Å². The van der Waals surface area contributed by atoms with Gasteiger partial charge in [-0.25, -0.2) is 0 Å². The van der Waals surface area contributed by atoms with Crippen molar-refractivity contribution in [3.63, 3.8) is 0 Å². The van der Waals surface area contributed by atoms with E-state index in [4.69, 9.17) is 5.73 Å². The van der Waals surface area contributed by atoms with Crippen molar-refractivity contribution in [3.8, 4) is 0 Å². The molecule has 3 nitrogen and oxygen atoms in total. The van der Waals surface area contributed by atoms with Crippen molar-refractivity contribution in [2.24, 2.45) is 11.7 Å². The number of nitrogens with two attached hydrogens (primary N) is 1. The lowest BCUT2D eigenvalue weighted by Crippen LogP contribution is -2.52. The van der Waals surface area contributed by atoms with E-state index >= 15 is 0 Å². The standard InChI is InChI=1S/C15H29N3/c16-14-6-10-17(11-7-14)12-13-4-3-9-18-8-2-1-5-15(13)18/h13-15H,1-12,16H2/t13-,15+/m1/s1. The fourth-order valence-corrected chi connectivity index (χ4v) is 4.26. The highest BCUT2D eigenvalue weighted by Crippen LogP contribution is 2.31. The van der Waals surface area contributed by atoms with E-state index in [-0.39, 0.29) is 0 Å². The molecule has 2 atom stereocenters. The van der Waals surface area contributed by atoms with Crippen LogP contribution >= 0.6 is 0 Å². The van der Waals surface area contributed by atoms with Crippen LogP contribution in [0.5, 0.6) is 0 Å². The van der Waals surface area contributed by atoms with Gasteiger partial charge in [-0.3, -0.25) is 0 Å². The van der Waals surface area contributed by atoms with E-state index in [0.29, 0.717) is 6.04 Å². The summed E-state index contributed by atoms with van der Waals surface area (Å²) >= 11 is 0. The van der Waals surface area contributed by atoms with Gasteiger partial charge in [0.25, 0.3) is 0 Å². The van der Waals surface area contributed by atoms with Gasteiger partial charge in [0.05, 0.1) is 0 Å². The molecular formula is C15H29N3. The summed E-state index contributed by atoms with van der Waals surface area (Å²) in [6, 6.07) is 1.38. The Balaban J connectivity index is 1.54. The molecule has 0 spiro atoms. The lowest BCUT2D eigenvalue weighted by atomic mass is 9.83. The van der Waals surface area contributed by atoms with Gasteiger partial charge >= 0.3 is 0 Å².